The number of anilines is 1. The first-order valence-electron chi connectivity index (χ1n) is 8.15. The molecule has 124 valence electrons. The van der Waals surface area contributed by atoms with E-state index in [4.69, 9.17) is 0 Å². The first kappa shape index (κ1) is 15.7. The van der Waals surface area contributed by atoms with E-state index in [9.17, 15) is 9.59 Å². The van der Waals surface area contributed by atoms with E-state index in [-0.39, 0.29) is 30.6 Å². The van der Waals surface area contributed by atoms with E-state index in [1.165, 1.54) is 4.90 Å². The monoisotopic (exact) mass is 317 g/mol. The van der Waals surface area contributed by atoms with Crippen LogP contribution in [0.15, 0.2) is 12.1 Å². The van der Waals surface area contributed by atoms with Crippen molar-refractivity contribution in [2.45, 2.75) is 45.7 Å². The van der Waals surface area contributed by atoms with Gasteiger partial charge in [0.2, 0.25) is 0 Å². The molecule has 0 aliphatic carbocycles. The number of piperidine rings is 1. The number of carbonyl (C=O) groups excluding carboxylic acids is 2. The van der Waals surface area contributed by atoms with E-state index in [0.717, 1.165) is 30.9 Å². The Balaban J connectivity index is 1.75. The van der Waals surface area contributed by atoms with Crippen LogP contribution in [0.2, 0.25) is 0 Å². The van der Waals surface area contributed by atoms with Crippen molar-refractivity contribution >= 4 is 17.8 Å². The molecule has 2 fully saturated rings. The molecule has 1 aromatic heterocycles. The first-order chi connectivity index (χ1) is 11.0. The van der Waals surface area contributed by atoms with Crippen molar-refractivity contribution in [2.75, 3.05) is 24.5 Å². The third kappa shape index (κ3) is 3.00. The number of carbonyl (C=O) groups is 2. The van der Waals surface area contributed by atoms with Gasteiger partial charge in [-0.2, -0.15) is 5.10 Å². The fourth-order valence-electron chi connectivity index (χ4n) is 3.23. The van der Waals surface area contributed by atoms with Gasteiger partial charge in [0.1, 0.15) is 6.54 Å². The number of nitrogens with zero attached hydrogens (tertiary/aromatic N) is 5. The van der Waals surface area contributed by atoms with Crippen molar-refractivity contribution in [1.29, 1.82) is 0 Å². The summed E-state index contributed by atoms with van der Waals surface area (Å²) in [6, 6.07) is 3.67. The largest absolute Gasteiger partial charge is 0.353 e. The molecule has 2 saturated heterocycles. The highest BCUT2D eigenvalue weighted by Gasteiger charge is 2.42. The van der Waals surface area contributed by atoms with Crippen molar-refractivity contribution in [2.24, 2.45) is 0 Å². The second-order valence-electron chi connectivity index (χ2n) is 6.54. The van der Waals surface area contributed by atoms with E-state index in [1.807, 2.05) is 32.9 Å². The standard InChI is InChI=1S/C16H23N5O2/c1-11(2)20-10-15(22)21(16(20)23)13-5-4-8-19(9-13)14-7-6-12(3)17-18-14/h6-7,11,13H,4-5,8-10H2,1-3H3. The van der Waals surface area contributed by atoms with E-state index < -0.39 is 0 Å². The molecule has 3 amide bonds. The second-order valence-corrected chi connectivity index (χ2v) is 6.54. The second kappa shape index (κ2) is 6.14. The van der Waals surface area contributed by atoms with E-state index in [2.05, 4.69) is 15.1 Å². The van der Waals surface area contributed by atoms with Crippen LogP contribution >= 0.6 is 0 Å². The highest BCUT2D eigenvalue weighted by Crippen LogP contribution is 2.25. The molecule has 1 unspecified atom stereocenters. The topological polar surface area (TPSA) is 69.6 Å². The zero-order valence-corrected chi connectivity index (χ0v) is 13.9. The Kier molecular flexibility index (Phi) is 4.19. The number of aryl methyl sites for hydroxylation is 1. The molecule has 0 N–H and O–H groups in total. The molecule has 1 aromatic rings. The Bertz CT molecular complexity index is 601. The average Bonchev–Trinajstić information content (AvgIpc) is 2.83. The lowest BCUT2D eigenvalue weighted by Crippen LogP contribution is -2.51. The molecule has 0 aromatic carbocycles. The van der Waals surface area contributed by atoms with Crippen molar-refractivity contribution in [3.8, 4) is 0 Å². The van der Waals surface area contributed by atoms with E-state index in [0.29, 0.717) is 6.54 Å². The number of urea groups is 1. The summed E-state index contributed by atoms with van der Waals surface area (Å²) >= 11 is 0. The molecule has 2 aliphatic rings. The highest BCUT2D eigenvalue weighted by atomic mass is 16.2. The molecule has 2 aliphatic heterocycles. The van der Waals surface area contributed by atoms with Gasteiger partial charge < -0.3 is 9.80 Å². The summed E-state index contributed by atoms with van der Waals surface area (Å²) in [5.74, 6) is 0.714. The van der Waals surface area contributed by atoms with Crippen LogP contribution in [0, 0.1) is 6.92 Å². The van der Waals surface area contributed by atoms with Gasteiger partial charge in [-0.05, 0) is 45.7 Å². The van der Waals surface area contributed by atoms with Gasteiger partial charge in [0.25, 0.3) is 5.91 Å². The van der Waals surface area contributed by atoms with Crippen LogP contribution in [-0.4, -0.2) is 63.7 Å². The first-order valence-corrected chi connectivity index (χ1v) is 8.15. The van der Waals surface area contributed by atoms with Crippen molar-refractivity contribution in [3.63, 3.8) is 0 Å². The van der Waals surface area contributed by atoms with E-state index in [1.54, 1.807) is 4.90 Å². The van der Waals surface area contributed by atoms with Gasteiger partial charge in [-0.1, -0.05) is 0 Å². The summed E-state index contributed by atoms with van der Waals surface area (Å²) in [4.78, 5) is 30.0. The maximum atomic E-state index is 12.5. The summed E-state index contributed by atoms with van der Waals surface area (Å²) in [5.41, 5.74) is 0.875. The molecular weight excluding hydrogens is 294 g/mol. The average molecular weight is 317 g/mol. The fourth-order valence-corrected chi connectivity index (χ4v) is 3.23. The predicted molar refractivity (Wildman–Crippen MR) is 86.1 cm³/mol. The van der Waals surface area contributed by atoms with Crippen LogP contribution in [0.3, 0.4) is 0 Å². The van der Waals surface area contributed by atoms with Crippen LogP contribution in [0.1, 0.15) is 32.4 Å². The summed E-state index contributed by atoms with van der Waals surface area (Å²) in [5, 5.41) is 8.32. The van der Waals surface area contributed by atoms with Crippen LogP contribution in [0.5, 0.6) is 0 Å². The Morgan fingerprint density at radius 2 is 2.00 bits per heavy atom. The molecule has 0 spiro atoms. The molecule has 1 atom stereocenters. The lowest BCUT2D eigenvalue weighted by atomic mass is 10.0. The zero-order chi connectivity index (χ0) is 16.6. The number of aromatic nitrogens is 2. The number of imide groups is 1. The smallest absolute Gasteiger partial charge is 0.327 e. The van der Waals surface area contributed by atoms with Crippen molar-refractivity contribution < 1.29 is 9.59 Å². The maximum Gasteiger partial charge on any atom is 0.327 e. The van der Waals surface area contributed by atoms with Gasteiger partial charge in [-0.15, -0.1) is 5.10 Å². The molecule has 0 saturated carbocycles. The van der Waals surface area contributed by atoms with Gasteiger partial charge >= 0.3 is 6.03 Å². The predicted octanol–water partition coefficient (Wildman–Crippen LogP) is 1.43. The number of hydrogen-bond donors (Lipinski definition) is 0. The lowest BCUT2D eigenvalue weighted by molar-refractivity contribution is -0.127. The minimum Gasteiger partial charge on any atom is -0.353 e. The molecular formula is C16H23N5O2. The van der Waals surface area contributed by atoms with Gasteiger partial charge in [-0.25, -0.2) is 4.79 Å². The third-order valence-corrected chi connectivity index (χ3v) is 4.52. The molecule has 7 nitrogen and oxygen atoms in total. The van der Waals surface area contributed by atoms with Crippen LogP contribution < -0.4 is 4.90 Å². The molecule has 7 heteroatoms. The summed E-state index contributed by atoms with van der Waals surface area (Å²) in [6.07, 6.45) is 1.78. The highest BCUT2D eigenvalue weighted by molar-refractivity contribution is 6.02. The Hall–Kier alpha value is -2.18. The molecule has 3 heterocycles. The molecule has 23 heavy (non-hydrogen) atoms. The molecule has 0 bridgehead atoms. The maximum absolute atomic E-state index is 12.5. The van der Waals surface area contributed by atoms with Crippen molar-refractivity contribution in [1.82, 2.24) is 20.0 Å². The summed E-state index contributed by atoms with van der Waals surface area (Å²) in [6.45, 7) is 7.46. The number of amides is 3. The quantitative estimate of drug-likeness (QED) is 0.789. The SMILES string of the molecule is Cc1ccc(N2CCCC(N3C(=O)CN(C(C)C)C3=O)C2)nn1. The third-order valence-electron chi connectivity index (χ3n) is 4.52. The zero-order valence-electron chi connectivity index (χ0n) is 13.9. The Labute approximate surface area is 136 Å². The molecule has 3 rings (SSSR count). The normalized spacial score (nSPS) is 22.4. The molecule has 0 radical (unpaired) electrons. The van der Waals surface area contributed by atoms with Gasteiger partial charge in [0.05, 0.1) is 11.7 Å². The Morgan fingerprint density at radius 1 is 1.22 bits per heavy atom. The summed E-state index contributed by atoms with van der Waals surface area (Å²) < 4.78 is 0. The minimum absolute atomic E-state index is 0.0408. The van der Waals surface area contributed by atoms with Gasteiger partial charge in [0.15, 0.2) is 5.82 Å². The Morgan fingerprint density at radius 3 is 2.61 bits per heavy atom. The van der Waals surface area contributed by atoms with Crippen LogP contribution in [-0.2, 0) is 4.79 Å². The van der Waals surface area contributed by atoms with E-state index >= 15 is 0 Å². The number of hydrogen-bond acceptors (Lipinski definition) is 5. The van der Waals surface area contributed by atoms with Gasteiger partial charge in [0, 0.05) is 19.1 Å². The number of rotatable bonds is 3. The summed E-state index contributed by atoms with van der Waals surface area (Å²) in [7, 11) is 0. The van der Waals surface area contributed by atoms with Crippen molar-refractivity contribution in [3.05, 3.63) is 17.8 Å². The fraction of sp³-hybridized carbons (Fsp3) is 0.625. The van der Waals surface area contributed by atoms with Crippen LogP contribution in [0.25, 0.3) is 0 Å². The van der Waals surface area contributed by atoms with Gasteiger partial charge in [-0.3, -0.25) is 9.69 Å². The van der Waals surface area contributed by atoms with Crippen LogP contribution in [0.4, 0.5) is 10.6 Å². The lowest BCUT2D eigenvalue weighted by Gasteiger charge is -2.37. The minimum atomic E-state index is -0.160.